The summed E-state index contributed by atoms with van der Waals surface area (Å²) in [6.07, 6.45) is 0.732. The molecule has 0 amide bonds. The molecule has 0 radical (unpaired) electrons. The van der Waals surface area contributed by atoms with Crippen LogP contribution in [0, 0.1) is 0 Å². The lowest BCUT2D eigenvalue weighted by Gasteiger charge is -2.16. The van der Waals surface area contributed by atoms with Crippen molar-refractivity contribution in [3.8, 4) is 0 Å². The molecule has 0 fully saturated rings. The molecule has 0 heterocycles. The fourth-order valence-corrected chi connectivity index (χ4v) is 0.462. The zero-order valence-corrected chi connectivity index (χ0v) is 6.46. The molecule has 0 atom stereocenters. The number of nitrogens with zero attached hydrogens (tertiary/aromatic N) is 1. The van der Waals surface area contributed by atoms with E-state index in [-0.39, 0.29) is 0 Å². The van der Waals surface area contributed by atoms with Gasteiger partial charge in [-0.2, -0.15) is 0 Å². The summed E-state index contributed by atoms with van der Waals surface area (Å²) in [4.78, 5) is 11.9. The van der Waals surface area contributed by atoms with E-state index in [1.807, 2.05) is 0 Å². The number of allylic oxidation sites excluding steroid dienone is 1. The average Bonchev–Trinajstić information content (AvgIpc) is 1.98. The summed E-state index contributed by atoms with van der Waals surface area (Å²) >= 11 is 0. The molecule has 0 spiro atoms. The Balaban J connectivity index is 3.51. The minimum absolute atomic E-state index is 0.483. The molecule has 0 saturated carbocycles. The van der Waals surface area contributed by atoms with Gasteiger partial charge in [-0.3, -0.25) is 4.79 Å². The van der Waals surface area contributed by atoms with E-state index in [1.165, 1.54) is 0 Å². The van der Waals surface area contributed by atoms with E-state index in [0.29, 0.717) is 18.8 Å². The standard InChI is InChI=1S/C7H13NO2/c1-7(6-9)8(2)4-5-10-3/h6H,1,4-5H2,2-3H3. The highest BCUT2D eigenvalue weighted by atomic mass is 16.5. The molecule has 10 heavy (non-hydrogen) atoms. The van der Waals surface area contributed by atoms with Crippen LogP contribution < -0.4 is 0 Å². The number of carbonyl (C=O) groups is 1. The Labute approximate surface area is 61.3 Å². The van der Waals surface area contributed by atoms with Crippen LogP contribution in [-0.4, -0.2) is 38.5 Å². The Morgan fingerprint density at radius 1 is 1.80 bits per heavy atom. The van der Waals surface area contributed by atoms with Crippen molar-refractivity contribution in [1.29, 1.82) is 0 Å². The third kappa shape index (κ3) is 3.25. The van der Waals surface area contributed by atoms with Gasteiger partial charge in [0, 0.05) is 20.7 Å². The van der Waals surface area contributed by atoms with Crippen LogP contribution in [0.5, 0.6) is 0 Å². The van der Waals surface area contributed by atoms with Crippen molar-refractivity contribution >= 4 is 6.29 Å². The molecule has 0 aromatic heterocycles. The van der Waals surface area contributed by atoms with Gasteiger partial charge in [-0.1, -0.05) is 6.58 Å². The van der Waals surface area contributed by atoms with Crippen LogP contribution in [0.15, 0.2) is 12.3 Å². The molecule has 3 nitrogen and oxygen atoms in total. The molecule has 0 unspecified atom stereocenters. The Morgan fingerprint density at radius 3 is 2.80 bits per heavy atom. The van der Waals surface area contributed by atoms with Crippen LogP contribution in [0.3, 0.4) is 0 Å². The van der Waals surface area contributed by atoms with Crippen molar-refractivity contribution in [2.24, 2.45) is 0 Å². The lowest BCUT2D eigenvalue weighted by molar-refractivity contribution is -0.106. The molecule has 0 aromatic carbocycles. The first-order valence-electron chi connectivity index (χ1n) is 3.06. The van der Waals surface area contributed by atoms with Crippen LogP contribution in [0.1, 0.15) is 0 Å². The van der Waals surface area contributed by atoms with Crippen molar-refractivity contribution in [2.45, 2.75) is 0 Å². The highest BCUT2D eigenvalue weighted by molar-refractivity contribution is 5.70. The molecular weight excluding hydrogens is 130 g/mol. The largest absolute Gasteiger partial charge is 0.383 e. The normalized spacial score (nSPS) is 9.00. The third-order valence-corrected chi connectivity index (χ3v) is 1.26. The first kappa shape index (κ1) is 9.17. The van der Waals surface area contributed by atoms with Gasteiger partial charge < -0.3 is 9.64 Å². The minimum atomic E-state index is 0.483. The number of hydrogen-bond acceptors (Lipinski definition) is 3. The van der Waals surface area contributed by atoms with E-state index < -0.39 is 0 Å². The number of likely N-dealkylation sites (N-methyl/N-ethyl adjacent to an activating group) is 1. The third-order valence-electron chi connectivity index (χ3n) is 1.26. The Bertz CT molecular complexity index is 123. The fraction of sp³-hybridized carbons (Fsp3) is 0.571. The topological polar surface area (TPSA) is 29.5 Å². The predicted octanol–water partition coefficient (Wildman–Crippen LogP) is 0.277. The highest BCUT2D eigenvalue weighted by Gasteiger charge is 1.97. The van der Waals surface area contributed by atoms with Crippen molar-refractivity contribution in [3.05, 3.63) is 12.3 Å². The summed E-state index contributed by atoms with van der Waals surface area (Å²) in [6.45, 7) is 4.85. The second kappa shape index (κ2) is 4.99. The molecule has 3 heteroatoms. The molecule has 0 bridgehead atoms. The van der Waals surface area contributed by atoms with Gasteiger partial charge in [-0.25, -0.2) is 0 Å². The van der Waals surface area contributed by atoms with Crippen molar-refractivity contribution in [1.82, 2.24) is 4.90 Å². The Kier molecular flexibility index (Phi) is 4.58. The lowest BCUT2D eigenvalue weighted by atomic mass is 10.4. The number of ether oxygens (including phenoxy) is 1. The first-order chi connectivity index (χ1) is 4.72. The minimum Gasteiger partial charge on any atom is -0.383 e. The summed E-state index contributed by atoms with van der Waals surface area (Å²) in [5, 5.41) is 0. The van der Waals surface area contributed by atoms with Gasteiger partial charge in [-0.05, 0) is 0 Å². The van der Waals surface area contributed by atoms with E-state index in [0.717, 1.165) is 6.29 Å². The van der Waals surface area contributed by atoms with Crippen molar-refractivity contribution in [3.63, 3.8) is 0 Å². The van der Waals surface area contributed by atoms with Crippen molar-refractivity contribution < 1.29 is 9.53 Å². The number of methoxy groups -OCH3 is 1. The van der Waals surface area contributed by atoms with Crippen LogP contribution in [0.2, 0.25) is 0 Å². The van der Waals surface area contributed by atoms with Gasteiger partial charge >= 0.3 is 0 Å². The molecule has 58 valence electrons. The molecule has 0 rings (SSSR count). The number of hydrogen-bond donors (Lipinski definition) is 0. The quantitative estimate of drug-likeness (QED) is 0.409. The maximum absolute atomic E-state index is 10.1. The maximum Gasteiger partial charge on any atom is 0.165 e. The van der Waals surface area contributed by atoms with E-state index in [2.05, 4.69) is 6.58 Å². The maximum atomic E-state index is 10.1. The van der Waals surface area contributed by atoms with Crippen molar-refractivity contribution in [2.75, 3.05) is 27.3 Å². The molecule has 0 aliphatic heterocycles. The summed E-state index contributed by atoms with van der Waals surface area (Å²) in [5.74, 6) is 0. The SMILES string of the molecule is C=C(C=O)N(C)CCOC. The van der Waals surface area contributed by atoms with Gasteiger partial charge in [-0.15, -0.1) is 0 Å². The van der Waals surface area contributed by atoms with Crippen LogP contribution in [0.25, 0.3) is 0 Å². The van der Waals surface area contributed by atoms with Gasteiger partial charge in [0.2, 0.25) is 0 Å². The average molecular weight is 143 g/mol. The van der Waals surface area contributed by atoms with E-state index in [9.17, 15) is 4.79 Å². The first-order valence-corrected chi connectivity index (χ1v) is 3.06. The highest BCUT2D eigenvalue weighted by Crippen LogP contribution is 1.91. The molecule has 0 saturated heterocycles. The number of aldehydes is 1. The fourth-order valence-electron chi connectivity index (χ4n) is 0.462. The smallest absolute Gasteiger partial charge is 0.165 e. The number of carbonyl (C=O) groups excluding carboxylic acids is 1. The monoisotopic (exact) mass is 143 g/mol. The second-order valence-corrected chi connectivity index (χ2v) is 2.02. The van der Waals surface area contributed by atoms with Gasteiger partial charge in [0.1, 0.15) is 0 Å². The predicted molar refractivity (Wildman–Crippen MR) is 39.7 cm³/mol. The second-order valence-electron chi connectivity index (χ2n) is 2.02. The van der Waals surface area contributed by atoms with Gasteiger partial charge in [0.05, 0.1) is 12.3 Å². The van der Waals surface area contributed by atoms with Crippen LogP contribution >= 0.6 is 0 Å². The summed E-state index contributed by atoms with van der Waals surface area (Å²) in [7, 11) is 3.42. The summed E-state index contributed by atoms with van der Waals surface area (Å²) in [5.41, 5.74) is 0.483. The zero-order chi connectivity index (χ0) is 7.98. The Morgan fingerprint density at radius 2 is 2.40 bits per heavy atom. The molecule has 0 N–H and O–H groups in total. The van der Waals surface area contributed by atoms with Crippen LogP contribution in [-0.2, 0) is 9.53 Å². The van der Waals surface area contributed by atoms with Gasteiger partial charge in [0.25, 0.3) is 0 Å². The summed E-state index contributed by atoms with van der Waals surface area (Å²) in [6, 6.07) is 0. The lowest BCUT2D eigenvalue weighted by Crippen LogP contribution is -2.22. The molecule has 0 aliphatic carbocycles. The Hall–Kier alpha value is -0.830. The van der Waals surface area contributed by atoms with E-state index in [1.54, 1.807) is 19.1 Å². The summed E-state index contributed by atoms with van der Waals surface area (Å²) < 4.78 is 4.81. The number of rotatable bonds is 5. The molecule has 0 aromatic rings. The van der Waals surface area contributed by atoms with E-state index in [4.69, 9.17) is 4.74 Å². The zero-order valence-electron chi connectivity index (χ0n) is 6.46. The van der Waals surface area contributed by atoms with Gasteiger partial charge in [0.15, 0.2) is 6.29 Å². The van der Waals surface area contributed by atoms with Crippen LogP contribution in [0.4, 0.5) is 0 Å². The van der Waals surface area contributed by atoms with E-state index >= 15 is 0 Å². The molecule has 0 aliphatic rings. The molecular formula is C7H13NO2.